The molecule has 1 aromatic carbocycles. The van der Waals surface area contributed by atoms with Gasteiger partial charge in [0.15, 0.2) is 11.0 Å². The zero-order valence-corrected chi connectivity index (χ0v) is 19.6. The molecular formula is C23H23N7OS2. The smallest absolute Gasteiger partial charge is 0.236 e. The highest BCUT2D eigenvalue weighted by atomic mass is 32.2. The molecule has 33 heavy (non-hydrogen) atoms. The molecule has 0 bridgehead atoms. The quantitative estimate of drug-likeness (QED) is 0.376. The van der Waals surface area contributed by atoms with Crippen molar-refractivity contribution < 1.29 is 4.79 Å². The Hall–Kier alpha value is -3.11. The molecule has 5 rings (SSSR count). The Morgan fingerprint density at radius 1 is 1.03 bits per heavy atom. The molecule has 0 aliphatic heterocycles. The van der Waals surface area contributed by atoms with Crippen molar-refractivity contribution in [3.05, 3.63) is 59.9 Å². The zero-order chi connectivity index (χ0) is 22.5. The number of aromatic nitrogens is 6. The fourth-order valence-electron chi connectivity index (χ4n) is 3.94. The van der Waals surface area contributed by atoms with Crippen LogP contribution in [-0.4, -0.2) is 41.6 Å². The van der Waals surface area contributed by atoms with E-state index in [0.29, 0.717) is 22.0 Å². The molecule has 1 fully saturated rings. The summed E-state index contributed by atoms with van der Waals surface area (Å²) in [6.07, 6.45) is 9.58. The number of para-hydroxylation sites is 1. The average molecular weight is 478 g/mol. The van der Waals surface area contributed by atoms with Gasteiger partial charge in [-0.05, 0) is 37.1 Å². The Morgan fingerprint density at radius 2 is 1.88 bits per heavy atom. The summed E-state index contributed by atoms with van der Waals surface area (Å²) in [6, 6.07) is 13.7. The number of pyridine rings is 1. The second kappa shape index (κ2) is 10.2. The van der Waals surface area contributed by atoms with Crippen LogP contribution < -0.4 is 5.32 Å². The first-order chi connectivity index (χ1) is 16.3. The Morgan fingerprint density at radius 3 is 2.67 bits per heavy atom. The number of nitrogens with zero attached hydrogens (tertiary/aromatic N) is 6. The normalized spacial score (nSPS) is 14.3. The van der Waals surface area contributed by atoms with E-state index in [0.717, 1.165) is 29.1 Å². The molecule has 168 valence electrons. The van der Waals surface area contributed by atoms with Crippen molar-refractivity contribution in [2.24, 2.45) is 0 Å². The number of carbonyl (C=O) groups is 1. The van der Waals surface area contributed by atoms with Crippen molar-refractivity contribution in [1.29, 1.82) is 0 Å². The first-order valence-electron chi connectivity index (χ1n) is 11.0. The third-order valence-corrected chi connectivity index (χ3v) is 7.47. The van der Waals surface area contributed by atoms with Gasteiger partial charge in [-0.1, -0.05) is 60.6 Å². The number of carbonyl (C=O) groups excluding carboxylic acids is 1. The van der Waals surface area contributed by atoms with E-state index in [1.54, 1.807) is 12.4 Å². The molecule has 1 saturated carbocycles. The minimum absolute atomic E-state index is 0.142. The molecule has 0 spiro atoms. The van der Waals surface area contributed by atoms with Crippen LogP contribution in [0.4, 0.5) is 5.13 Å². The van der Waals surface area contributed by atoms with Gasteiger partial charge in [0, 0.05) is 29.6 Å². The van der Waals surface area contributed by atoms with E-state index < -0.39 is 0 Å². The van der Waals surface area contributed by atoms with Gasteiger partial charge < -0.3 is 0 Å². The zero-order valence-electron chi connectivity index (χ0n) is 17.9. The molecule has 0 radical (unpaired) electrons. The summed E-state index contributed by atoms with van der Waals surface area (Å²) >= 11 is 2.82. The van der Waals surface area contributed by atoms with Gasteiger partial charge in [0.25, 0.3) is 0 Å². The molecule has 4 aromatic rings. The van der Waals surface area contributed by atoms with Crippen LogP contribution in [0, 0.1) is 0 Å². The van der Waals surface area contributed by atoms with Crippen molar-refractivity contribution in [2.75, 3.05) is 11.1 Å². The van der Waals surface area contributed by atoms with Crippen molar-refractivity contribution in [3.63, 3.8) is 0 Å². The van der Waals surface area contributed by atoms with Crippen LogP contribution in [0.1, 0.15) is 43.0 Å². The van der Waals surface area contributed by atoms with Gasteiger partial charge >= 0.3 is 0 Å². The van der Waals surface area contributed by atoms with Crippen LogP contribution in [0.25, 0.3) is 17.1 Å². The van der Waals surface area contributed by atoms with E-state index in [1.165, 1.54) is 42.4 Å². The van der Waals surface area contributed by atoms with Gasteiger partial charge in [-0.3, -0.25) is 19.7 Å². The van der Waals surface area contributed by atoms with E-state index in [2.05, 4.69) is 30.7 Å². The van der Waals surface area contributed by atoms with E-state index in [-0.39, 0.29) is 11.7 Å². The topological polar surface area (TPSA) is 98.5 Å². The standard InChI is InChI=1S/C23H23N7OS2/c31-19(25-22-28-27-21(33-22)16-8-3-1-4-9-16)15-32-23-29-26-20(17-10-7-13-24-14-17)30(23)18-11-5-2-6-12-18/h2,5-7,10-14,16H,1,3-4,8-9,15H2,(H,25,28,31). The summed E-state index contributed by atoms with van der Waals surface area (Å²) in [4.78, 5) is 16.8. The Balaban J connectivity index is 1.29. The minimum atomic E-state index is -0.142. The molecule has 1 N–H and O–H groups in total. The van der Waals surface area contributed by atoms with Crippen LogP contribution in [0.15, 0.2) is 60.0 Å². The summed E-state index contributed by atoms with van der Waals surface area (Å²) in [7, 11) is 0. The second-order valence-corrected chi connectivity index (χ2v) is 9.79. The van der Waals surface area contributed by atoms with Gasteiger partial charge in [0.1, 0.15) is 5.01 Å². The number of hydrogen-bond acceptors (Lipinski definition) is 8. The average Bonchev–Trinajstić information content (AvgIpc) is 3.52. The Bertz CT molecular complexity index is 1200. The first-order valence-corrected chi connectivity index (χ1v) is 12.8. The molecule has 10 heteroatoms. The Labute approximate surface area is 199 Å². The predicted octanol–water partition coefficient (Wildman–Crippen LogP) is 4.96. The van der Waals surface area contributed by atoms with Crippen molar-refractivity contribution >= 4 is 34.1 Å². The van der Waals surface area contributed by atoms with Gasteiger partial charge in [-0.15, -0.1) is 20.4 Å². The molecule has 0 atom stereocenters. The molecule has 8 nitrogen and oxygen atoms in total. The monoisotopic (exact) mass is 477 g/mol. The van der Waals surface area contributed by atoms with Gasteiger partial charge in [-0.25, -0.2) is 0 Å². The second-order valence-electron chi connectivity index (χ2n) is 7.84. The number of rotatable bonds is 7. The molecule has 0 saturated heterocycles. The summed E-state index contributed by atoms with van der Waals surface area (Å²) in [6.45, 7) is 0. The van der Waals surface area contributed by atoms with Crippen LogP contribution in [0.3, 0.4) is 0 Å². The van der Waals surface area contributed by atoms with E-state index in [4.69, 9.17) is 0 Å². The maximum Gasteiger partial charge on any atom is 0.236 e. The van der Waals surface area contributed by atoms with Gasteiger partial charge in [0.2, 0.25) is 11.0 Å². The number of amides is 1. The number of benzene rings is 1. The van der Waals surface area contributed by atoms with Crippen molar-refractivity contribution in [3.8, 4) is 17.1 Å². The first kappa shape index (κ1) is 21.7. The van der Waals surface area contributed by atoms with Crippen LogP contribution in [0.2, 0.25) is 0 Å². The highest BCUT2D eigenvalue weighted by Gasteiger charge is 2.21. The highest BCUT2D eigenvalue weighted by molar-refractivity contribution is 7.99. The summed E-state index contributed by atoms with van der Waals surface area (Å²) in [5, 5.41) is 22.3. The largest absolute Gasteiger partial charge is 0.300 e. The van der Waals surface area contributed by atoms with Crippen molar-refractivity contribution in [2.45, 2.75) is 43.2 Å². The third kappa shape index (κ3) is 5.12. The maximum atomic E-state index is 12.6. The van der Waals surface area contributed by atoms with Crippen LogP contribution in [-0.2, 0) is 4.79 Å². The summed E-state index contributed by atoms with van der Waals surface area (Å²) in [5.41, 5.74) is 1.78. The highest BCUT2D eigenvalue weighted by Crippen LogP contribution is 2.35. The molecule has 1 aliphatic carbocycles. The molecule has 1 amide bonds. The van der Waals surface area contributed by atoms with Gasteiger partial charge in [-0.2, -0.15) is 0 Å². The lowest BCUT2D eigenvalue weighted by atomic mass is 9.90. The Kier molecular flexibility index (Phi) is 6.73. The molecular weight excluding hydrogens is 454 g/mol. The summed E-state index contributed by atoms with van der Waals surface area (Å²) < 4.78 is 1.95. The van der Waals surface area contributed by atoms with Gasteiger partial charge in [0.05, 0.1) is 5.75 Å². The predicted molar refractivity (Wildman–Crippen MR) is 130 cm³/mol. The third-order valence-electron chi connectivity index (χ3n) is 5.54. The summed E-state index contributed by atoms with van der Waals surface area (Å²) in [5.74, 6) is 1.21. The SMILES string of the molecule is O=C(CSc1nnc(-c2cccnc2)n1-c1ccccc1)Nc1nnc(C2CCCCC2)s1. The lowest BCUT2D eigenvalue weighted by Crippen LogP contribution is -2.14. The van der Waals surface area contributed by atoms with Crippen LogP contribution in [0.5, 0.6) is 0 Å². The molecule has 0 unspecified atom stereocenters. The fourth-order valence-corrected chi connectivity index (χ4v) is 5.62. The van der Waals surface area contributed by atoms with Crippen molar-refractivity contribution in [1.82, 2.24) is 29.9 Å². The number of anilines is 1. The van der Waals surface area contributed by atoms with E-state index >= 15 is 0 Å². The lowest BCUT2D eigenvalue weighted by Gasteiger charge is -2.18. The molecule has 3 heterocycles. The fraction of sp³-hybridized carbons (Fsp3) is 0.304. The molecule has 1 aliphatic rings. The lowest BCUT2D eigenvalue weighted by molar-refractivity contribution is -0.113. The van der Waals surface area contributed by atoms with E-state index in [1.807, 2.05) is 47.0 Å². The number of thioether (sulfide) groups is 1. The number of nitrogens with one attached hydrogen (secondary N) is 1. The van der Waals surface area contributed by atoms with Crippen LogP contribution >= 0.6 is 23.1 Å². The number of hydrogen-bond donors (Lipinski definition) is 1. The molecule has 3 aromatic heterocycles. The maximum absolute atomic E-state index is 12.6. The minimum Gasteiger partial charge on any atom is -0.300 e. The van der Waals surface area contributed by atoms with E-state index in [9.17, 15) is 4.79 Å².